The molecule has 6 heteroatoms. The van der Waals surface area contributed by atoms with Crippen LogP contribution in [-0.4, -0.2) is 29.7 Å². The summed E-state index contributed by atoms with van der Waals surface area (Å²) in [5.41, 5.74) is 0.750. The Hall–Kier alpha value is -1.69. The van der Waals surface area contributed by atoms with Gasteiger partial charge in [0.05, 0.1) is 12.3 Å². The number of nitrogens with one attached hydrogen (secondary N) is 1. The zero-order chi connectivity index (χ0) is 11.1. The third-order valence-corrected chi connectivity index (χ3v) is 1.71. The lowest BCUT2D eigenvalue weighted by Gasteiger charge is -2.03. The molecule has 0 radical (unpaired) electrons. The van der Waals surface area contributed by atoms with Crippen LogP contribution in [0.1, 0.15) is 6.92 Å². The molecule has 0 fully saturated rings. The van der Waals surface area contributed by atoms with Crippen LogP contribution in [0.5, 0.6) is 0 Å². The highest BCUT2D eigenvalue weighted by molar-refractivity contribution is 5.43. The summed E-state index contributed by atoms with van der Waals surface area (Å²) >= 11 is 0. The van der Waals surface area contributed by atoms with Crippen LogP contribution in [0.4, 0.5) is 11.5 Å². The van der Waals surface area contributed by atoms with Gasteiger partial charge in [0.25, 0.3) is 0 Å². The van der Waals surface area contributed by atoms with E-state index in [1.54, 1.807) is 6.07 Å². The van der Waals surface area contributed by atoms with Crippen LogP contribution in [0.15, 0.2) is 18.3 Å². The van der Waals surface area contributed by atoms with E-state index >= 15 is 0 Å². The summed E-state index contributed by atoms with van der Waals surface area (Å²) in [4.78, 5) is 13.5. The van der Waals surface area contributed by atoms with E-state index in [0.717, 1.165) is 5.69 Å². The lowest BCUT2D eigenvalue weighted by molar-refractivity contribution is -0.389. The molecule has 0 bridgehead atoms. The highest BCUT2D eigenvalue weighted by Crippen LogP contribution is 2.10. The molecule has 1 rings (SSSR count). The van der Waals surface area contributed by atoms with Crippen molar-refractivity contribution in [1.29, 1.82) is 0 Å². The molecular weight excluding hydrogens is 198 g/mol. The molecule has 0 aliphatic heterocycles. The Labute approximate surface area is 87.4 Å². The number of hydrogen-bond donors (Lipinski definition) is 1. The van der Waals surface area contributed by atoms with E-state index in [2.05, 4.69) is 10.3 Å². The first-order valence-corrected chi connectivity index (χ1v) is 4.66. The average Bonchev–Trinajstić information content (AvgIpc) is 2.25. The van der Waals surface area contributed by atoms with Crippen molar-refractivity contribution in [2.24, 2.45) is 0 Å². The van der Waals surface area contributed by atoms with E-state index in [9.17, 15) is 10.1 Å². The highest BCUT2D eigenvalue weighted by Gasteiger charge is 2.05. The van der Waals surface area contributed by atoms with Gasteiger partial charge in [-0.3, -0.25) is 0 Å². The maximum absolute atomic E-state index is 10.3. The lowest BCUT2D eigenvalue weighted by atomic mass is 10.4. The first-order valence-electron chi connectivity index (χ1n) is 4.66. The summed E-state index contributed by atoms with van der Waals surface area (Å²) in [7, 11) is 0. The second-order valence-electron chi connectivity index (χ2n) is 2.79. The molecular formula is C9H13N3O3. The van der Waals surface area contributed by atoms with Crippen molar-refractivity contribution < 1.29 is 9.66 Å². The molecule has 0 amide bonds. The van der Waals surface area contributed by atoms with Gasteiger partial charge in [-0.2, -0.15) is 0 Å². The molecule has 82 valence electrons. The van der Waals surface area contributed by atoms with Crippen LogP contribution < -0.4 is 5.32 Å². The van der Waals surface area contributed by atoms with Crippen LogP contribution in [-0.2, 0) is 4.74 Å². The van der Waals surface area contributed by atoms with E-state index in [1.807, 2.05) is 6.92 Å². The zero-order valence-electron chi connectivity index (χ0n) is 8.47. The predicted molar refractivity (Wildman–Crippen MR) is 55.9 cm³/mol. The number of nitrogens with zero attached hydrogens (tertiary/aromatic N) is 2. The van der Waals surface area contributed by atoms with E-state index in [4.69, 9.17) is 4.74 Å². The van der Waals surface area contributed by atoms with Crippen molar-refractivity contribution in [3.05, 3.63) is 28.4 Å². The summed E-state index contributed by atoms with van der Waals surface area (Å²) < 4.78 is 5.13. The second kappa shape index (κ2) is 5.92. The molecule has 0 aliphatic carbocycles. The third kappa shape index (κ3) is 3.90. The molecule has 0 atom stereocenters. The Morgan fingerprint density at radius 1 is 1.60 bits per heavy atom. The van der Waals surface area contributed by atoms with Crippen molar-refractivity contribution in [2.75, 3.05) is 25.1 Å². The van der Waals surface area contributed by atoms with Gasteiger partial charge in [0.15, 0.2) is 6.20 Å². The molecule has 6 nitrogen and oxygen atoms in total. The predicted octanol–water partition coefficient (Wildman–Crippen LogP) is 1.44. The van der Waals surface area contributed by atoms with Gasteiger partial charge < -0.3 is 20.2 Å². The molecule has 0 aromatic carbocycles. The zero-order valence-corrected chi connectivity index (χ0v) is 8.47. The maximum Gasteiger partial charge on any atom is 0.363 e. The largest absolute Gasteiger partial charge is 0.380 e. The monoisotopic (exact) mass is 211 g/mol. The molecule has 0 spiro atoms. The normalized spacial score (nSPS) is 9.93. The number of nitro groups is 1. The Kier molecular flexibility index (Phi) is 4.49. The maximum atomic E-state index is 10.3. The van der Waals surface area contributed by atoms with Gasteiger partial charge in [-0.1, -0.05) is 0 Å². The highest BCUT2D eigenvalue weighted by atomic mass is 16.6. The van der Waals surface area contributed by atoms with Gasteiger partial charge in [-0.25, -0.2) is 0 Å². The van der Waals surface area contributed by atoms with E-state index < -0.39 is 4.92 Å². The quantitative estimate of drug-likeness (QED) is 0.437. The number of aromatic nitrogens is 1. The molecule has 1 N–H and O–H groups in total. The molecule has 1 aromatic heterocycles. The topological polar surface area (TPSA) is 77.3 Å². The SMILES string of the molecule is CCOCCNc1ccc([N+](=O)[O-])nc1. The summed E-state index contributed by atoms with van der Waals surface area (Å²) in [6, 6.07) is 2.99. The molecule has 0 saturated heterocycles. The van der Waals surface area contributed by atoms with Gasteiger partial charge >= 0.3 is 5.82 Å². The van der Waals surface area contributed by atoms with Gasteiger partial charge in [0.2, 0.25) is 0 Å². The van der Waals surface area contributed by atoms with E-state index in [-0.39, 0.29) is 5.82 Å². The molecule has 0 aliphatic rings. The Morgan fingerprint density at radius 3 is 2.93 bits per heavy atom. The van der Waals surface area contributed by atoms with Crippen LogP contribution in [0.3, 0.4) is 0 Å². The third-order valence-electron chi connectivity index (χ3n) is 1.71. The van der Waals surface area contributed by atoms with Gasteiger partial charge in [0.1, 0.15) is 0 Å². The number of anilines is 1. The Bertz CT molecular complexity index is 313. The summed E-state index contributed by atoms with van der Waals surface area (Å²) in [5, 5.41) is 13.3. The molecule has 0 unspecified atom stereocenters. The van der Waals surface area contributed by atoms with Gasteiger partial charge in [-0.15, -0.1) is 0 Å². The summed E-state index contributed by atoms with van der Waals surface area (Å²) in [6.45, 7) is 3.87. The van der Waals surface area contributed by atoms with Gasteiger partial charge in [-0.05, 0) is 22.9 Å². The van der Waals surface area contributed by atoms with E-state index in [0.29, 0.717) is 19.8 Å². The van der Waals surface area contributed by atoms with Crippen LogP contribution >= 0.6 is 0 Å². The fourth-order valence-corrected chi connectivity index (χ4v) is 1.01. The van der Waals surface area contributed by atoms with Crippen molar-refractivity contribution in [3.63, 3.8) is 0 Å². The number of ether oxygens (including phenoxy) is 1. The fraction of sp³-hybridized carbons (Fsp3) is 0.444. The van der Waals surface area contributed by atoms with Crippen LogP contribution in [0.2, 0.25) is 0 Å². The van der Waals surface area contributed by atoms with Gasteiger partial charge in [0, 0.05) is 19.2 Å². The average molecular weight is 211 g/mol. The Balaban J connectivity index is 2.39. The van der Waals surface area contributed by atoms with Crippen molar-refractivity contribution >= 4 is 11.5 Å². The lowest BCUT2D eigenvalue weighted by Crippen LogP contribution is -2.09. The summed E-state index contributed by atoms with van der Waals surface area (Å²) in [6.07, 6.45) is 1.43. The van der Waals surface area contributed by atoms with Crippen molar-refractivity contribution in [1.82, 2.24) is 4.98 Å². The first-order chi connectivity index (χ1) is 7.24. The standard InChI is InChI=1S/C9H13N3O3/c1-2-15-6-5-10-8-3-4-9(11-7-8)12(13)14/h3-4,7,10H,2,5-6H2,1H3. The molecule has 15 heavy (non-hydrogen) atoms. The van der Waals surface area contributed by atoms with Crippen LogP contribution in [0.25, 0.3) is 0 Å². The second-order valence-corrected chi connectivity index (χ2v) is 2.79. The fourth-order valence-electron chi connectivity index (χ4n) is 1.01. The van der Waals surface area contributed by atoms with Crippen molar-refractivity contribution in [2.45, 2.75) is 6.92 Å². The van der Waals surface area contributed by atoms with Crippen molar-refractivity contribution in [3.8, 4) is 0 Å². The number of hydrogen-bond acceptors (Lipinski definition) is 5. The minimum Gasteiger partial charge on any atom is -0.380 e. The first kappa shape index (κ1) is 11.4. The molecule has 1 aromatic rings. The smallest absolute Gasteiger partial charge is 0.363 e. The minimum absolute atomic E-state index is 0.148. The number of rotatable bonds is 6. The summed E-state index contributed by atoms with van der Waals surface area (Å²) in [5.74, 6) is -0.148. The molecule has 0 saturated carbocycles. The van der Waals surface area contributed by atoms with E-state index in [1.165, 1.54) is 12.3 Å². The van der Waals surface area contributed by atoms with Crippen LogP contribution in [0, 0.1) is 10.1 Å². The Morgan fingerprint density at radius 2 is 2.40 bits per heavy atom. The number of pyridine rings is 1. The molecule has 1 heterocycles. The minimum atomic E-state index is -0.524.